The molecular formula is C17H15FN4OS. The SMILES string of the molecule is Cc1cccc(C(=O)NCc2n[nH]c(=S)n2-c2ccc(F)cc2)c1. The summed E-state index contributed by atoms with van der Waals surface area (Å²) in [6.45, 7) is 2.12. The number of nitrogens with zero attached hydrogens (tertiary/aromatic N) is 2. The van der Waals surface area contributed by atoms with Crippen LogP contribution in [0, 0.1) is 17.5 Å². The van der Waals surface area contributed by atoms with Gasteiger partial charge in [0.1, 0.15) is 5.82 Å². The lowest BCUT2D eigenvalue weighted by molar-refractivity contribution is 0.0949. The highest BCUT2D eigenvalue weighted by Crippen LogP contribution is 2.12. The fraction of sp³-hybridized carbons (Fsp3) is 0.118. The van der Waals surface area contributed by atoms with Crippen LogP contribution < -0.4 is 5.32 Å². The van der Waals surface area contributed by atoms with Gasteiger partial charge in [0.25, 0.3) is 5.91 Å². The van der Waals surface area contributed by atoms with E-state index < -0.39 is 0 Å². The summed E-state index contributed by atoms with van der Waals surface area (Å²) in [5, 5.41) is 9.64. The lowest BCUT2D eigenvalue weighted by Gasteiger charge is -2.08. The minimum atomic E-state index is -0.330. The molecular weight excluding hydrogens is 327 g/mol. The van der Waals surface area contributed by atoms with Crippen LogP contribution in [0.2, 0.25) is 0 Å². The van der Waals surface area contributed by atoms with Gasteiger partial charge in [0.2, 0.25) is 0 Å². The van der Waals surface area contributed by atoms with E-state index in [1.807, 2.05) is 25.1 Å². The third-order valence-electron chi connectivity index (χ3n) is 3.51. The first-order chi connectivity index (χ1) is 11.5. The van der Waals surface area contributed by atoms with Crippen LogP contribution in [0.1, 0.15) is 21.7 Å². The molecule has 7 heteroatoms. The van der Waals surface area contributed by atoms with E-state index in [9.17, 15) is 9.18 Å². The first kappa shape index (κ1) is 16.1. The number of carbonyl (C=O) groups excluding carboxylic acids is 1. The van der Waals surface area contributed by atoms with Crippen LogP contribution in [0.3, 0.4) is 0 Å². The molecule has 0 spiro atoms. The zero-order chi connectivity index (χ0) is 17.1. The number of H-pyrrole nitrogens is 1. The normalized spacial score (nSPS) is 10.6. The van der Waals surface area contributed by atoms with E-state index in [1.54, 1.807) is 22.8 Å². The molecule has 0 radical (unpaired) electrons. The van der Waals surface area contributed by atoms with Crippen LogP contribution in [0.5, 0.6) is 0 Å². The Morgan fingerprint density at radius 3 is 2.75 bits per heavy atom. The van der Waals surface area contributed by atoms with Crippen LogP contribution in [0.15, 0.2) is 48.5 Å². The summed E-state index contributed by atoms with van der Waals surface area (Å²) in [6, 6.07) is 13.2. The molecule has 3 rings (SSSR count). The molecule has 122 valence electrons. The van der Waals surface area contributed by atoms with Crippen LogP contribution in [0.4, 0.5) is 4.39 Å². The van der Waals surface area contributed by atoms with E-state index in [1.165, 1.54) is 12.1 Å². The topological polar surface area (TPSA) is 62.7 Å². The Morgan fingerprint density at radius 1 is 1.29 bits per heavy atom. The van der Waals surface area contributed by atoms with E-state index in [2.05, 4.69) is 15.5 Å². The minimum Gasteiger partial charge on any atom is -0.345 e. The van der Waals surface area contributed by atoms with Gasteiger partial charge >= 0.3 is 0 Å². The summed E-state index contributed by atoms with van der Waals surface area (Å²) < 4.78 is 15.1. The Balaban J connectivity index is 1.80. The van der Waals surface area contributed by atoms with Crippen molar-refractivity contribution in [3.8, 4) is 5.69 Å². The summed E-state index contributed by atoms with van der Waals surface area (Å²) in [5.74, 6) is 0.00829. The quantitative estimate of drug-likeness (QED) is 0.715. The predicted octanol–water partition coefficient (Wildman–Crippen LogP) is 3.31. The largest absolute Gasteiger partial charge is 0.345 e. The Bertz CT molecular complexity index is 930. The van der Waals surface area contributed by atoms with Crippen molar-refractivity contribution >= 4 is 18.1 Å². The van der Waals surface area contributed by atoms with Gasteiger partial charge in [-0.2, -0.15) is 5.10 Å². The molecule has 0 saturated carbocycles. The van der Waals surface area contributed by atoms with E-state index in [0.29, 0.717) is 21.8 Å². The predicted molar refractivity (Wildman–Crippen MR) is 91.1 cm³/mol. The molecule has 3 aromatic rings. The number of carbonyl (C=O) groups is 1. The van der Waals surface area contributed by atoms with Crippen molar-refractivity contribution in [2.45, 2.75) is 13.5 Å². The maximum absolute atomic E-state index is 13.1. The molecule has 24 heavy (non-hydrogen) atoms. The molecule has 0 unspecified atom stereocenters. The molecule has 1 amide bonds. The Kier molecular flexibility index (Phi) is 4.52. The smallest absolute Gasteiger partial charge is 0.251 e. The molecule has 5 nitrogen and oxygen atoms in total. The number of hydrogen-bond donors (Lipinski definition) is 2. The summed E-state index contributed by atoms with van der Waals surface area (Å²) in [5.41, 5.74) is 2.27. The zero-order valence-electron chi connectivity index (χ0n) is 12.9. The number of aryl methyl sites for hydroxylation is 1. The van der Waals surface area contributed by atoms with Crippen molar-refractivity contribution in [1.82, 2.24) is 20.1 Å². The van der Waals surface area contributed by atoms with Gasteiger partial charge in [0, 0.05) is 11.3 Å². The number of halogens is 1. The molecule has 0 aliphatic carbocycles. The second kappa shape index (κ2) is 6.76. The van der Waals surface area contributed by atoms with Gasteiger partial charge in [-0.15, -0.1) is 0 Å². The summed E-state index contributed by atoms with van der Waals surface area (Å²) >= 11 is 5.22. The van der Waals surface area contributed by atoms with Gasteiger partial charge in [-0.1, -0.05) is 17.7 Å². The minimum absolute atomic E-state index is 0.192. The van der Waals surface area contributed by atoms with Gasteiger partial charge in [0.05, 0.1) is 6.54 Å². The zero-order valence-corrected chi connectivity index (χ0v) is 13.7. The molecule has 0 fully saturated rings. The third kappa shape index (κ3) is 3.41. The highest BCUT2D eigenvalue weighted by atomic mass is 32.1. The number of aromatic amines is 1. The summed E-state index contributed by atoms with van der Waals surface area (Å²) in [7, 11) is 0. The molecule has 1 heterocycles. The molecule has 1 aromatic heterocycles. The Hall–Kier alpha value is -2.80. The number of aromatic nitrogens is 3. The average molecular weight is 342 g/mol. The van der Waals surface area contributed by atoms with Crippen molar-refractivity contribution in [2.75, 3.05) is 0 Å². The second-order valence-corrected chi connectivity index (χ2v) is 5.70. The van der Waals surface area contributed by atoms with E-state index in [-0.39, 0.29) is 18.3 Å². The highest BCUT2D eigenvalue weighted by Gasteiger charge is 2.11. The van der Waals surface area contributed by atoms with Crippen LogP contribution in [-0.4, -0.2) is 20.7 Å². The van der Waals surface area contributed by atoms with Gasteiger partial charge in [-0.3, -0.25) is 14.5 Å². The van der Waals surface area contributed by atoms with Gasteiger partial charge < -0.3 is 5.32 Å². The first-order valence-corrected chi connectivity index (χ1v) is 7.72. The van der Waals surface area contributed by atoms with Gasteiger partial charge in [0.15, 0.2) is 10.6 Å². The fourth-order valence-electron chi connectivity index (χ4n) is 2.35. The fourth-order valence-corrected chi connectivity index (χ4v) is 2.61. The average Bonchev–Trinajstić information content (AvgIpc) is 2.94. The van der Waals surface area contributed by atoms with Crippen molar-refractivity contribution in [1.29, 1.82) is 0 Å². The van der Waals surface area contributed by atoms with E-state index in [4.69, 9.17) is 12.2 Å². The molecule has 2 N–H and O–H groups in total. The van der Waals surface area contributed by atoms with Crippen molar-refractivity contribution in [3.63, 3.8) is 0 Å². The summed E-state index contributed by atoms with van der Waals surface area (Å²) in [6.07, 6.45) is 0. The van der Waals surface area contributed by atoms with Gasteiger partial charge in [-0.05, 0) is 55.5 Å². The van der Waals surface area contributed by atoms with Crippen LogP contribution in [-0.2, 0) is 6.54 Å². The number of nitrogens with one attached hydrogen (secondary N) is 2. The van der Waals surface area contributed by atoms with Crippen LogP contribution >= 0.6 is 12.2 Å². The molecule has 0 atom stereocenters. The number of rotatable bonds is 4. The molecule has 0 aliphatic heterocycles. The summed E-state index contributed by atoms with van der Waals surface area (Å²) in [4.78, 5) is 12.2. The number of benzene rings is 2. The second-order valence-electron chi connectivity index (χ2n) is 5.31. The lowest BCUT2D eigenvalue weighted by atomic mass is 10.1. The maximum Gasteiger partial charge on any atom is 0.251 e. The first-order valence-electron chi connectivity index (χ1n) is 7.32. The Labute approximate surface area is 143 Å². The lowest BCUT2D eigenvalue weighted by Crippen LogP contribution is -2.24. The monoisotopic (exact) mass is 342 g/mol. The number of amides is 1. The maximum atomic E-state index is 13.1. The number of hydrogen-bond acceptors (Lipinski definition) is 3. The highest BCUT2D eigenvalue weighted by molar-refractivity contribution is 7.71. The molecule has 0 aliphatic rings. The standard InChI is InChI=1S/C17H15FN4OS/c1-11-3-2-4-12(9-11)16(23)19-10-15-20-21-17(24)22(15)14-7-5-13(18)6-8-14/h2-9H,10H2,1H3,(H,19,23)(H,21,24). The van der Waals surface area contributed by atoms with E-state index >= 15 is 0 Å². The van der Waals surface area contributed by atoms with Crippen molar-refractivity contribution in [3.05, 3.63) is 76.1 Å². The molecule has 2 aromatic carbocycles. The molecule has 0 bridgehead atoms. The van der Waals surface area contributed by atoms with Crippen molar-refractivity contribution in [2.24, 2.45) is 0 Å². The van der Waals surface area contributed by atoms with E-state index in [0.717, 1.165) is 5.56 Å². The third-order valence-corrected chi connectivity index (χ3v) is 3.79. The molecule has 0 saturated heterocycles. The van der Waals surface area contributed by atoms with Crippen molar-refractivity contribution < 1.29 is 9.18 Å². The van der Waals surface area contributed by atoms with Crippen LogP contribution in [0.25, 0.3) is 5.69 Å². The van der Waals surface area contributed by atoms with Gasteiger partial charge in [-0.25, -0.2) is 4.39 Å². The Morgan fingerprint density at radius 2 is 2.04 bits per heavy atom.